The first kappa shape index (κ1) is 14.8. The van der Waals surface area contributed by atoms with Crippen molar-refractivity contribution in [2.45, 2.75) is 37.9 Å². The molecule has 2 rings (SSSR count). The third kappa shape index (κ3) is 3.70. The SMILES string of the molecule is CC(C)CSCc1noc(C2(CN)CCOCC2)n1. The molecule has 0 amide bonds. The standard InChI is InChI=1S/C13H23N3O2S/c1-10(2)7-19-8-11-15-12(18-16-11)13(9-14)3-5-17-6-4-13/h10H,3-9,14H2,1-2H3. The normalized spacial score (nSPS) is 18.9. The summed E-state index contributed by atoms with van der Waals surface area (Å²) >= 11 is 1.84. The molecule has 1 aromatic heterocycles. The van der Waals surface area contributed by atoms with Crippen molar-refractivity contribution < 1.29 is 9.26 Å². The van der Waals surface area contributed by atoms with Crippen molar-refractivity contribution in [3.05, 3.63) is 11.7 Å². The Balaban J connectivity index is 1.98. The third-order valence-corrected chi connectivity index (χ3v) is 4.81. The predicted octanol–water partition coefficient (Wildman–Crippen LogP) is 1.97. The van der Waals surface area contributed by atoms with E-state index in [9.17, 15) is 0 Å². The van der Waals surface area contributed by atoms with Crippen LogP contribution in [-0.4, -0.2) is 35.7 Å². The smallest absolute Gasteiger partial charge is 0.234 e. The zero-order valence-corrected chi connectivity index (χ0v) is 12.5. The van der Waals surface area contributed by atoms with Gasteiger partial charge in [-0.15, -0.1) is 0 Å². The lowest BCUT2D eigenvalue weighted by Gasteiger charge is -2.32. The molecule has 6 heteroatoms. The number of aromatic nitrogens is 2. The second kappa shape index (κ2) is 6.72. The van der Waals surface area contributed by atoms with Crippen molar-refractivity contribution in [1.82, 2.24) is 10.1 Å². The number of hydrogen-bond donors (Lipinski definition) is 1. The summed E-state index contributed by atoms with van der Waals surface area (Å²) in [6.07, 6.45) is 1.73. The van der Waals surface area contributed by atoms with Gasteiger partial charge in [-0.25, -0.2) is 0 Å². The van der Waals surface area contributed by atoms with Crippen LogP contribution in [0.1, 0.15) is 38.4 Å². The minimum atomic E-state index is -0.174. The molecule has 108 valence electrons. The molecule has 0 saturated carbocycles. The summed E-state index contributed by atoms with van der Waals surface area (Å²) in [7, 11) is 0. The molecule has 0 unspecified atom stereocenters. The lowest BCUT2D eigenvalue weighted by molar-refractivity contribution is 0.0409. The average molecular weight is 285 g/mol. The highest BCUT2D eigenvalue weighted by Crippen LogP contribution is 2.32. The van der Waals surface area contributed by atoms with E-state index in [-0.39, 0.29) is 5.41 Å². The molecular formula is C13H23N3O2S. The highest BCUT2D eigenvalue weighted by molar-refractivity contribution is 7.98. The molecule has 1 aromatic rings. The van der Waals surface area contributed by atoms with Gasteiger partial charge in [0.05, 0.1) is 11.2 Å². The molecule has 0 spiro atoms. The molecule has 1 aliphatic rings. The third-order valence-electron chi connectivity index (χ3n) is 3.44. The summed E-state index contributed by atoms with van der Waals surface area (Å²) in [4.78, 5) is 4.54. The molecular weight excluding hydrogens is 262 g/mol. The maximum Gasteiger partial charge on any atom is 0.234 e. The van der Waals surface area contributed by atoms with Crippen LogP contribution in [0.4, 0.5) is 0 Å². The first-order valence-electron chi connectivity index (χ1n) is 6.85. The van der Waals surface area contributed by atoms with Crippen LogP contribution in [-0.2, 0) is 15.9 Å². The van der Waals surface area contributed by atoms with Crippen LogP contribution in [0, 0.1) is 5.92 Å². The van der Waals surface area contributed by atoms with Gasteiger partial charge in [-0.1, -0.05) is 19.0 Å². The van der Waals surface area contributed by atoms with Gasteiger partial charge in [-0.3, -0.25) is 0 Å². The zero-order chi connectivity index (χ0) is 13.7. The molecule has 1 saturated heterocycles. The van der Waals surface area contributed by atoms with Crippen molar-refractivity contribution in [1.29, 1.82) is 0 Å². The van der Waals surface area contributed by atoms with E-state index in [2.05, 4.69) is 24.0 Å². The van der Waals surface area contributed by atoms with Gasteiger partial charge >= 0.3 is 0 Å². The van der Waals surface area contributed by atoms with Gasteiger partial charge in [0, 0.05) is 19.8 Å². The second-order valence-electron chi connectivity index (χ2n) is 5.52. The Morgan fingerprint density at radius 3 is 2.74 bits per heavy atom. The average Bonchev–Trinajstić information content (AvgIpc) is 2.88. The van der Waals surface area contributed by atoms with E-state index in [1.807, 2.05) is 11.8 Å². The van der Waals surface area contributed by atoms with E-state index in [0.29, 0.717) is 18.4 Å². The number of rotatable bonds is 6. The van der Waals surface area contributed by atoms with Crippen molar-refractivity contribution in [2.75, 3.05) is 25.5 Å². The Morgan fingerprint density at radius 2 is 2.11 bits per heavy atom. The minimum absolute atomic E-state index is 0.174. The number of ether oxygens (including phenoxy) is 1. The fraction of sp³-hybridized carbons (Fsp3) is 0.846. The quantitative estimate of drug-likeness (QED) is 0.861. The van der Waals surface area contributed by atoms with E-state index in [0.717, 1.165) is 43.4 Å². The van der Waals surface area contributed by atoms with Crippen molar-refractivity contribution in [2.24, 2.45) is 11.7 Å². The molecule has 0 bridgehead atoms. The molecule has 2 heterocycles. The number of thioether (sulfide) groups is 1. The largest absolute Gasteiger partial charge is 0.381 e. The van der Waals surface area contributed by atoms with Crippen LogP contribution in [0.5, 0.6) is 0 Å². The summed E-state index contributed by atoms with van der Waals surface area (Å²) in [6.45, 7) is 6.39. The number of nitrogens with two attached hydrogens (primary N) is 1. The molecule has 0 aliphatic carbocycles. The summed E-state index contributed by atoms with van der Waals surface area (Å²) < 4.78 is 10.8. The highest BCUT2D eigenvalue weighted by atomic mass is 32.2. The van der Waals surface area contributed by atoms with Crippen molar-refractivity contribution in [3.8, 4) is 0 Å². The Morgan fingerprint density at radius 1 is 1.37 bits per heavy atom. The molecule has 0 atom stereocenters. The fourth-order valence-electron chi connectivity index (χ4n) is 2.18. The lowest BCUT2D eigenvalue weighted by atomic mass is 9.80. The Hall–Kier alpha value is -0.590. The summed E-state index contributed by atoms with van der Waals surface area (Å²) in [5.41, 5.74) is 5.76. The summed E-state index contributed by atoms with van der Waals surface area (Å²) in [5.74, 6) is 4.07. The van der Waals surface area contributed by atoms with Crippen LogP contribution >= 0.6 is 11.8 Å². The minimum Gasteiger partial charge on any atom is -0.381 e. The van der Waals surface area contributed by atoms with Crippen LogP contribution in [0.25, 0.3) is 0 Å². The molecule has 5 nitrogen and oxygen atoms in total. The van der Waals surface area contributed by atoms with Gasteiger partial charge in [0.15, 0.2) is 5.82 Å². The molecule has 1 fully saturated rings. The van der Waals surface area contributed by atoms with Gasteiger partial charge < -0.3 is 15.0 Å². The van der Waals surface area contributed by atoms with Crippen LogP contribution in [0.2, 0.25) is 0 Å². The van der Waals surface area contributed by atoms with Crippen molar-refractivity contribution >= 4 is 11.8 Å². The van der Waals surface area contributed by atoms with E-state index in [1.165, 1.54) is 0 Å². The van der Waals surface area contributed by atoms with Gasteiger partial charge in [-0.05, 0) is 24.5 Å². The van der Waals surface area contributed by atoms with E-state index in [1.54, 1.807) is 0 Å². The maximum absolute atomic E-state index is 5.93. The van der Waals surface area contributed by atoms with Crippen LogP contribution < -0.4 is 5.73 Å². The number of hydrogen-bond acceptors (Lipinski definition) is 6. The van der Waals surface area contributed by atoms with Gasteiger partial charge in [0.2, 0.25) is 5.89 Å². The first-order chi connectivity index (χ1) is 9.16. The topological polar surface area (TPSA) is 74.2 Å². The van der Waals surface area contributed by atoms with E-state index < -0.39 is 0 Å². The Labute approximate surface area is 118 Å². The van der Waals surface area contributed by atoms with Crippen molar-refractivity contribution in [3.63, 3.8) is 0 Å². The molecule has 2 N–H and O–H groups in total. The Bertz CT molecular complexity index is 389. The van der Waals surface area contributed by atoms with Crippen LogP contribution in [0.3, 0.4) is 0 Å². The maximum atomic E-state index is 5.93. The van der Waals surface area contributed by atoms with Gasteiger partial charge in [0.25, 0.3) is 0 Å². The van der Waals surface area contributed by atoms with Gasteiger partial charge in [0.1, 0.15) is 0 Å². The molecule has 0 aromatic carbocycles. The molecule has 0 radical (unpaired) electrons. The molecule has 1 aliphatic heterocycles. The van der Waals surface area contributed by atoms with E-state index >= 15 is 0 Å². The summed E-state index contributed by atoms with van der Waals surface area (Å²) in [6, 6.07) is 0. The second-order valence-corrected chi connectivity index (χ2v) is 6.55. The summed E-state index contributed by atoms with van der Waals surface area (Å²) in [5, 5.41) is 4.08. The predicted molar refractivity (Wildman–Crippen MR) is 76.1 cm³/mol. The highest BCUT2D eigenvalue weighted by Gasteiger charge is 2.38. The zero-order valence-electron chi connectivity index (χ0n) is 11.7. The molecule has 19 heavy (non-hydrogen) atoms. The fourth-order valence-corrected chi connectivity index (χ4v) is 3.07. The van der Waals surface area contributed by atoms with Crippen LogP contribution in [0.15, 0.2) is 4.52 Å². The monoisotopic (exact) mass is 285 g/mol. The number of nitrogens with zero attached hydrogens (tertiary/aromatic N) is 2. The first-order valence-corrected chi connectivity index (χ1v) is 8.00. The Kier molecular flexibility index (Phi) is 5.24. The lowest BCUT2D eigenvalue weighted by Crippen LogP contribution is -2.40. The van der Waals surface area contributed by atoms with E-state index in [4.69, 9.17) is 15.0 Å². The van der Waals surface area contributed by atoms with Gasteiger partial charge in [-0.2, -0.15) is 16.7 Å².